The Morgan fingerprint density at radius 2 is 1.85 bits per heavy atom. The number of halogens is 1. The largest absolute Gasteiger partial charge is 0.508 e. The molecule has 20 heavy (non-hydrogen) atoms. The van der Waals surface area contributed by atoms with Crippen LogP contribution in [0.25, 0.3) is 10.9 Å². The van der Waals surface area contributed by atoms with E-state index < -0.39 is 0 Å². The minimum Gasteiger partial charge on any atom is -0.508 e. The molecule has 0 saturated heterocycles. The molecule has 2 nitrogen and oxygen atoms in total. The highest BCUT2D eigenvalue weighted by Crippen LogP contribution is 2.28. The molecule has 1 N–H and O–H groups in total. The molecule has 0 unspecified atom stereocenters. The number of hydrogen-bond donors (Lipinski definition) is 1. The van der Waals surface area contributed by atoms with E-state index in [1.165, 1.54) is 6.07 Å². The van der Waals surface area contributed by atoms with Gasteiger partial charge in [-0.15, -0.1) is 11.8 Å². The van der Waals surface area contributed by atoms with E-state index in [0.717, 1.165) is 10.5 Å². The first kappa shape index (κ1) is 12.9. The van der Waals surface area contributed by atoms with Crippen LogP contribution in [-0.2, 0) is 5.75 Å². The first-order chi connectivity index (χ1) is 9.74. The van der Waals surface area contributed by atoms with E-state index in [9.17, 15) is 9.50 Å². The van der Waals surface area contributed by atoms with Gasteiger partial charge in [0.2, 0.25) is 0 Å². The van der Waals surface area contributed by atoms with Crippen molar-refractivity contribution in [1.82, 2.24) is 4.98 Å². The highest BCUT2D eigenvalue weighted by Gasteiger charge is 2.07. The molecule has 1 heterocycles. The molecule has 4 heteroatoms. The summed E-state index contributed by atoms with van der Waals surface area (Å²) >= 11 is 1.63. The number of rotatable bonds is 3. The van der Waals surface area contributed by atoms with Crippen molar-refractivity contribution in [2.45, 2.75) is 10.6 Å². The third kappa shape index (κ3) is 2.60. The minimum atomic E-state index is -0.244. The molecule has 3 aromatic rings. The van der Waals surface area contributed by atoms with Crippen molar-refractivity contribution in [3.05, 3.63) is 66.1 Å². The molecule has 0 aliphatic carbocycles. The molecule has 0 amide bonds. The lowest BCUT2D eigenvalue weighted by Crippen LogP contribution is -1.90. The van der Waals surface area contributed by atoms with Crippen molar-refractivity contribution in [2.24, 2.45) is 0 Å². The maximum atomic E-state index is 13.7. The van der Waals surface area contributed by atoms with Gasteiger partial charge in [-0.1, -0.05) is 6.07 Å². The van der Waals surface area contributed by atoms with Crippen LogP contribution in [0.15, 0.2) is 59.6 Å². The van der Waals surface area contributed by atoms with Crippen molar-refractivity contribution in [3.8, 4) is 5.75 Å². The molecule has 0 saturated carbocycles. The average molecular weight is 285 g/mol. The van der Waals surface area contributed by atoms with Crippen LogP contribution in [0.2, 0.25) is 0 Å². The minimum absolute atomic E-state index is 0.244. The molecule has 0 atom stereocenters. The van der Waals surface area contributed by atoms with Gasteiger partial charge < -0.3 is 5.11 Å². The van der Waals surface area contributed by atoms with Gasteiger partial charge in [0, 0.05) is 22.2 Å². The van der Waals surface area contributed by atoms with Crippen LogP contribution in [0.3, 0.4) is 0 Å². The summed E-state index contributed by atoms with van der Waals surface area (Å²) in [4.78, 5) is 5.33. The molecule has 0 spiro atoms. The summed E-state index contributed by atoms with van der Waals surface area (Å²) in [6.07, 6.45) is 1.68. The Morgan fingerprint density at radius 3 is 2.65 bits per heavy atom. The fourth-order valence-electron chi connectivity index (χ4n) is 2.02. The molecule has 0 aliphatic heterocycles. The smallest absolute Gasteiger partial charge is 0.132 e. The number of phenolic OH excluding ortho intramolecular Hbond substituents is 1. The maximum absolute atomic E-state index is 13.7. The number of phenols is 1. The predicted octanol–water partition coefficient (Wildman–Crippen LogP) is 4.37. The second-order valence-corrected chi connectivity index (χ2v) is 5.44. The van der Waals surface area contributed by atoms with Crippen LogP contribution >= 0.6 is 11.8 Å². The van der Waals surface area contributed by atoms with Crippen molar-refractivity contribution in [2.75, 3.05) is 0 Å². The predicted molar refractivity (Wildman–Crippen MR) is 79.4 cm³/mol. The maximum Gasteiger partial charge on any atom is 0.132 e. The summed E-state index contributed by atoms with van der Waals surface area (Å²) in [7, 11) is 0. The van der Waals surface area contributed by atoms with Crippen LogP contribution in [0, 0.1) is 5.82 Å². The summed E-state index contributed by atoms with van der Waals surface area (Å²) in [5, 5.41) is 9.81. The van der Waals surface area contributed by atoms with Gasteiger partial charge in [-0.25, -0.2) is 4.39 Å². The van der Waals surface area contributed by atoms with Crippen molar-refractivity contribution in [1.29, 1.82) is 0 Å². The highest BCUT2D eigenvalue weighted by atomic mass is 32.2. The Bertz CT molecular complexity index is 743. The Labute approximate surface area is 120 Å². The number of aromatic nitrogens is 1. The van der Waals surface area contributed by atoms with Gasteiger partial charge in [0.1, 0.15) is 11.6 Å². The second-order valence-electron chi connectivity index (χ2n) is 4.39. The number of pyridine rings is 1. The van der Waals surface area contributed by atoms with E-state index in [2.05, 4.69) is 4.98 Å². The topological polar surface area (TPSA) is 33.1 Å². The van der Waals surface area contributed by atoms with Gasteiger partial charge in [-0.3, -0.25) is 4.98 Å². The third-order valence-electron chi connectivity index (χ3n) is 3.03. The van der Waals surface area contributed by atoms with Gasteiger partial charge in [-0.05, 0) is 48.0 Å². The standard InChI is InChI=1S/C16H12FNOS/c17-15-8-3-11(16-14(15)2-1-9-18-16)10-20-13-6-4-12(19)5-7-13/h1-9,19H,10H2. The second kappa shape index (κ2) is 5.51. The first-order valence-corrected chi connectivity index (χ1v) is 7.16. The monoisotopic (exact) mass is 285 g/mol. The van der Waals surface area contributed by atoms with Crippen LogP contribution in [-0.4, -0.2) is 10.1 Å². The lowest BCUT2D eigenvalue weighted by molar-refractivity contribution is 0.475. The fraction of sp³-hybridized carbons (Fsp3) is 0.0625. The van der Waals surface area contributed by atoms with Crippen molar-refractivity contribution < 1.29 is 9.50 Å². The summed E-state index contributed by atoms with van der Waals surface area (Å²) in [6.45, 7) is 0. The molecular weight excluding hydrogens is 273 g/mol. The number of nitrogens with zero attached hydrogens (tertiary/aromatic N) is 1. The van der Waals surface area contributed by atoms with Crippen molar-refractivity contribution >= 4 is 22.7 Å². The van der Waals surface area contributed by atoms with E-state index in [4.69, 9.17) is 0 Å². The van der Waals surface area contributed by atoms with Gasteiger partial charge in [-0.2, -0.15) is 0 Å². The number of thioether (sulfide) groups is 1. The third-order valence-corrected chi connectivity index (χ3v) is 4.09. The van der Waals surface area contributed by atoms with Crippen LogP contribution in [0.4, 0.5) is 4.39 Å². The van der Waals surface area contributed by atoms with Gasteiger partial charge in [0.15, 0.2) is 0 Å². The fourth-order valence-corrected chi connectivity index (χ4v) is 2.90. The Kier molecular flexibility index (Phi) is 3.56. The summed E-state index contributed by atoms with van der Waals surface area (Å²) in [5.74, 6) is 0.716. The average Bonchev–Trinajstić information content (AvgIpc) is 2.49. The summed E-state index contributed by atoms with van der Waals surface area (Å²) < 4.78 is 13.7. The molecule has 0 bridgehead atoms. The van der Waals surface area contributed by atoms with Gasteiger partial charge in [0.25, 0.3) is 0 Å². The van der Waals surface area contributed by atoms with E-state index >= 15 is 0 Å². The van der Waals surface area contributed by atoms with Crippen LogP contribution < -0.4 is 0 Å². The van der Waals surface area contributed by atoms with Crippen LogP contribution in [0.5, 0.6) is 5.75 Å². The van der Waals surface area contributed by atoms with Crippen molar-refractivity contribution in [3.63, 3.8) is 0 Å². The van der Waals surface area contributed by atoms with Crippen LogP contribution in [0.1, 0.15) is 5.56 Å². The van der Waals surface area contributed by atoms with Gasteiger partial charge >= 0.3 is 0 Å². The SMILES string of the molecule is Oc1ccc(SCc2ccc(F)c3cccnc23)cc1. The summed E-state index contributed by atoms with van der Waals surface area (Å²) in [6, 6.07) is 13.8. The zero-order valence-electron chi connectivity index (χ0n) is 10.6. The van der Waals surface area contributed by atoms with Gasteiger partial charge in [0.05, 0.1) is 5.52 Å². The Morgan fingerprint density at radius 1 is 1.05 bits per heavy atom. The highest BCUT2D eigenvalue weighted by molar-refractivity contribution is 7.98. The Hall–Kier alpha value is -2.07. The van der Waals surface area contributed by atoms with E-state index in [-0.39, 0.29) is 11.6 Å². The lowest BCUT2D eigenvalue weighted by Gasteiger charge is -2.06. The van der Waals surface area contributed by atoms with E-state index in [1.807, 2.05) is 12.1 Å². The molecule has 0 radical (unpaired) electrons. The quantitative estimate of drug-likeness (QED) is 0.725. The Balaban J connectivity index is 1.88. The molecule has 0 fully saturated rings. The van der Waals surface area contributed by atoms with E-state index in [0.29, 0.717) is 16.7 Å². The molecule has 3 rings (SSSR count). The first-order valence-electron chi connectivity index (χ1n) is 6.18. The summed E-state index contributed by atoms with van der Waals surface area (Å²) in [5.41, 5.74) is 1.71. The zero-order chi connectivity index (χ0) is 13.9. The number of hydrogen-bond acceptors (Lipinski definition) is 3. The zero-order valence-corrected chi connectivity index (χ0v) is 11.4. The number of aromatic hydroxyl groups is 1. The number of benzene rings is 2. The van der Waals surface area contributed by atoms with E-state index in [1.54, 1.807) is 48.3 Å². The molecular formula is C16H12FNOS. The molecule has 100 valence electrons. The molecule has 1 aromatic heterocycles. The molecule has 0 aliphatic rings. The molecule has 2 aromatic carbocycles. The number of fused-ring (bicyclic) bond motifs is 1. The normalized spacial score (nSPS) is 10.8. The lowest BCUT2D eigenvalue weighted by atomic mass is 10.1.